The Balaban J connectivity index is 2.68. The van der Waals surface area contributed by atoms with Crippen molar-refractivity contribution >= 4 is 0 Å². The highest BCUT2D eigenvalue weighted by Crippen LogP contribution is 2.30. The molecule has 0 N–H and O–H groups in total. The monoisotopic (exact) mass is 223 g/mol. The lowest BCUT2D eigenvalue weighted by atomic mass is 9.91. The second-order valence-electron chi connectivity index (χ2n) is 4.95. The van der Waals surface area contributed by atoms with Crippen molar-refractivity contribution in [3.05, 3.63) is 58.1 Å². The molecule has 0 bridgehead atoms. The number of aryl methyl sites for hydroxylation is 5. The molecule has 0 fully saturated rings. The summed E-state index contributed by atoms with van der Waals surface area (Å²) in [6, 6.07) is 12.3. The fourth-order valence-electron chi connectivity index (χ4n) is 2.61. The molecule has 17 heavy (non-hydrogen) atoms. The van der Waals surface area contributed by atoms with Gasteiger partial charge in [0.1, 0.15) is 0 Å². The van der Waals surface area contributed by atoms with E-state index < -0.39 is 0 Å². The van der Waals surface area contributed by atoms with Crippen LogP contribution < -0.4 is 0 Å². The van der Waals surface area contributed by atoms with Crippen LogP contribution in [0.3, 0.4) is 0 Å². The summed E-state index contributed by atoms with van der Waals surface area (Å²) in [6.45, 7) is 10.8. The minimum absolute atomic E-state index is 1.20. The molecule has 1 radical (unpaired) electrons. The molecule has 0 nitrogen and oxygen atoms in total. The zero-order chi connectivity index (χ0) is 12.6. The van der Waals surface area contributed by atoms with Crippen LogP contribution in [-0.4, -0.2) is 0 Å². The van der Waals surface area contributed by atoms with E-state index in [-0.39, 0.29) is 0 Å². The lowest BCUT2D eigenvalue weighted by molar-refractivity contribution is 1.29. The summed E-state index contributed by atoms with van der Waals surface area (Å²) in [6.07, 6.45) is 0. The van der Waals surface area contributed by atoms with Gasteiger partial charge in [-0.05, 0) is 74.1 Å². The minimum atomic E-state index is 1.20. The van der Waals surface area contributed by atoms with Crippen molar-refractivity contribution in [2.24, 2.45) is 0 Å². The third kappa shape index (κ3) is 2.26. The van der Waals surface area contributed by atoms with Gasteiger partial charge in [0.2, 0.25) is 0 Å². The Morgan fingerprint density at radius 1 is 0.824 bits per heavy atom. The Bertz CT molecular complexity index is 539. The average Bonchev–Trinajstić information content (AvgIpc) is 2.19. The third-order valence-corrected chi connectivity index (χ3v) is 3.24. The van der Waals surface area contributed by atoms with Crippen LogP contribution in [0, 0.1) is 40.7 Å². The molecule has 2 rings (SSSR count). The fraction of sp³-hybridized carbons (Fsp3) is 0.294. The van der Waals surface area contributed by atoms with Gasteiger partial charge in [-0.2, -0.15) is 0 Å². The molecular formula is C17H19. The number of benzene rings is 2. The lowest BCUT2D eigenvalue weighted by Crippen LogP contribution is -1.93. The first-order chi connectivity index (χ1) is 7.99. The third-order valence-electron chi connectivity index (χ3n) is 3.24. The van der Waals surface area contributed by atoms with Crippen molar-refractivity contribution < 1.29 is 0 Å². The molecule has 2 aromatic rings. The van der Waals surface area contributed by atoms with Crippen LogP contribution in [0.5, 0.6) is 0 Å². The van der Waals surface area contributed by atoms with Gasteiger partial charge in [-0.1, -0.05) is 29.8 Å². The standard InChI is InChI=1S/C17H19/c1-11-6-7-16(13(3)8-11)17-14(4)9-12(2)10-15(17)5/h6-7,9-10H,1-5H3. The number of rotatable bonds is 1. The predicted octanol–water partition coefficient (Wildman–Crippen LogP) is 4.70. The van der Waals surface area contributed by atoms with Crippen molar-refractivity contribution in [3.8, 4) is 11.1 Å². The van der Waals surface area contributed by atoms with Gasteiger partial charge in [0.25, 0.3) is 0 Å². The lowest BCUT2D eigenvalue weighted by Gasteiger charge is -2.14. The van der Waals surface area contributed by atoms with Gasteiger partial charge >= 0.3 is 0 Å². The van der Waals surface area contributed by atoms with E-state index in [4.69, 9.17) is 0 Å². The van der Waals surface area contributed by atoms with E-state index in [2.05, 4.69) is 65.0 Å². The van der Waals surface area contributed by atoms with Crippen LogP contribution in [0.25, 0.3) is 11.1 Å². The molecule has 0 amide bonds. The second kappa shape index (κ2) is 4.37. The summed E-state index contributed by atoms with van der Waals surface area (Å²) >= 11 is 0. The molecule has 0 spiro atoms. The van der Waals surface area contributed by atoms with E-state index in [0.29, 0.717) is 0 Å². The summed E-state index contributed by atoms with van der Waals surface area (Å²) < 4.78 is 0. The predicted molar refractivity (Wildman–Crippen MR) is 74.4 cm³/mol. The van der Waals surface area contributed by atoms with E-state index in [0.717, 1.165) is 0 Å². The Hall–Kier alpha value is -1.56. The van der Waals surface area contributed by atoms with Crippen LogP contribution in [0.4, 0.5) is 0 Å². The summed E-state index contributed by atoms with van der Waals surface area (Å²) in [5.41, 5.74) is 9.15. The smallest absolute Gasteiger partial charge is 0.0114 e. The zero-order valence-electron chi connectivity index (χ0n) is 11.3. The van der Waals surface area contributed by atoms with E-state index in [1.165, 1.54) is 38.9 Å². The molecular weight excluding hydrogens is 204 g/mol. The molecule has 0 heteroatoms. The molecule has 0 atom stereocenters. The fourth-order valence-corrected chi connectivity index (χ4v) is 2.61. The SMILES string of the molecule is Cc1[c]c(C)c(-c2c(C)cc(C)cc2C)cc1. The first-order valence-corrected chi connectivity index (χ1v) is 6.07. The van der Waals surface area contributed by atoms with Gasteiger partial charge in [0, 0.05) is 0 Å². The Morgan fingerprint density at radius 3 is 1.94 bits per heavy atom. The summed E-state index contributed by atoms with van der Waals surface area (Å²) in [7, 11) is 0. The van der Waals surface area contributed by atoms with Gasteiger partial charge in [-0.3, -0.25) is 0 Å². The van der Waals surface area contributed by atoms with Crippen LogP contribution in [0.2, 0.25) is 0 Å². The van der Waals surface area contributed by atoms with E-state index in [1.807, 2.05) is 0 Å². The Kier molecular flexibility index (Phi) is 3.06. The maximum atomic E-state index is 3.41. The van der Waals surface area contributed by atoms with Gasteiger partial charge in [-0.25, -0.2) is 0 Å². The Morgan fingerprint density at radius 2 is 1.41 bits per heavy atom. The summed E-state index contributed by atoms with van der Waals surface area (Å²) in [5, 5.41) is 0. The zero-order valence-corrected chi connectivity index (χ0v) is 11.3. The van der Waals surface area contributed by atoms with E-state index in [9.17, 15) is 0 Å². The molecule has 0 heterocycles. The van der Waals surface area contributed by atoms with Crippen molar-refractivity contribution in [1.29, 1.82) is 0 Å². The van der Waals surface area contributed by atoms with Gasteiger partial charge in [-0.15, -0.1) is 0 Å². The van der Waals surface area contributed by atoms with Crippen LogP contribution in [-0.2, 0) is 0 Å². The van der Waals surface area contributed by atoms with E-state index in [1.54, 1.807) is 0 Å². The minimum Gasteiger partial charge on any atom is -0.0581 e. The van der Waals surface area contributed by atoms with Gasteiger partial charge < -0.3 is 0 Å². The average molecular weight is 223 g/mol. The topological polar surface area (TPSA) is 0 Å². The number of hydrogen-bond acceptors (Lipinski definition) is 0. The van der Waals surface area contributed by atoms with Gasteiger partial charge in [0.15, 0.2) is 0 Å². The maximum absolute atomic E-state index is 3.41. The van der Waals surface area contributed by atoms with Crippen LogP contribution >= 0.6 is 0 Å². The summed E-state index contributed by atoms with van der Waals surface area (Å²) in [5.74, 6) is 0. The summed E-state index contributed by atoms with van der Waals surface area (Å²) in [4.78, 5) is 0. The molecule has 2 aromatic carbocycles. The quantitative estimate of drug-likeness (QED) is 0.657. The van der Waals surface area contributed by atoms with Gasteiger partial charge in [0.05, 0.1) is 0 Å². The molecule has 0 aliphatic heterocycles. The van der Waals surface area contributed by atoms with Crippen molar-refractivity contribution in [2.45, 2.75) is 34.6 Å². The molecule has 87 valence electrons. The molecule has 0 saturated carbocycles. The van der Waals surface area contributed by atoms with Crippen LogP contribution in [0.1, 0.15) is 27.8 Å². The first-order valence-electron chi connectivity index (χ1n) is 6.07. The first kappa shape index (κ1) is 11.9. The molecule has 0 aliphatic carbocycles. The van der Waals surface area contributed by atoms with Crippen molar-refractivity contribution in [3.63, 3.8) is 0 Å². The largest absolute Gasteiger partial charge is 0.0581 e. The Labute approximate surface area is 104 Å². The molecule has 0 aromatic heterocycles. The maximum Gasteiger partial charge on any atom is -0.0114 e. The van der Waals surface area contributed by atoms with Crippen LogP contribution in [0.15, 0.2) is 24.3 Å². The highest BCUT2D eigenvalue weighted by Gasteiger charge is 2.09. The van der Waals surface area contributed by atoms with E-state index >= 15 is 0 Å². The highest BCUT2D eigenvalue weighted by molar-refractivity contribution is 5.74. The molecule has 0 saturated heterocycles. The molecule has 0 aliphatic rings. The second-order valence-corrected chi connectivity index (χ2v) is 4.95. The number of hydrogen-bond donors (Lipinski definition) is 0. The normalized spacial score (nSPS) is 10.6. The van der Waals surface area contributed by atoms with Crippen molar-refractivity contribution in [1.82, 2.24) is 0 Å². The van der Waals surface area contributed by atoms with Crippen molar-refractivity contribution in [2.75, 3.05) is 0 Å². The highest BCUT2D eigenvalue weighted by atomic mass is 14.1. The molecule has 0 unspecified atom stereocenters.